The number of hydrogen-bond donors (Lipinski definition) is 2. The van der Waals surface area contributed by atoms with Crippen LogP contribution >= 0.6 is 11.6 Å². The van der Waals surface area contributed by atoms with Crippen LogP contribution in [0.25, 0.3) is 11.1 Å². The molecule has 2 N–H and O–H groups in total. The first-order chi connectivity index (χ1) is 11.6. The highest BCUT2D eigenvalue weighted by Crippen LogP contribution is 2.22. The molecule has 4 nitrogen and oxygen atoms in total. The monoisotopic (exact) mass is 344 g/mol. The van der Waals surface area contributed by atoms with Gasteiger partial charge >= 0.3 is 5.97 Å². The molecule has 1 aliphatic rings. The number of nitrogens with one attached hydrogen (secondary N) is 1. The molecule has 0 saturated carbocycles. The number of benzene rings is 2. The Bertz CT molecular complexity index is 686. The number of hydrogen-bond acceptors (Lipinski definition) is 3. The summed E-state index contributed by atoms with van der Waals surface area (Å²) >= 11 is 5.93. The van der Waals surface area contributed by atoms with E-state index in [1.807, 2.05) is 29.2 Å². The third kappa shape index (κ3) is 4.35. The summed E-state index contributed by atoms with van der Waals surface area (Å²) in [5.41, 5.74) is 3.51. The molecule has 0 unspecified atom stereocenters. The number of nitrogens with zero attached hydrogens (tertiary/aromatic N) is 1. The topological polar surface area (TPSA) is 52.6 Å². The summed E-state index contributed by atoms with van der Waals surface area (Å²) in [5, 5.41) is 13.1. The molecular weight excluding hydrogens is 324 g/mol. The van der Waals surface area contributed by atoms with Crippen molar-refractivity contribution >= 4 is 17.6 Å². The van der Waals surface area contributed by atoms with Crippen molar-refractivity contribution in [3.8, 4) is 11.1 Å². The zero-order valence-corrected chi connectivity index (χ0v) is 14.2. The van der Waals surface area contributed by atoms with Gasteiger partial charge in [-0.2, -0.15) is 0 Å². The van der Waals surface area contributed by atoms with E-state index in [2.05, 4.69) is 29.6 Å². The SMILES string of the molecule is O=C(O)CN1CCNC[C@@H]1Cc1ccc(-c2ccc(Cl)cc2)cc1. The van der Waals surface area contributed by atoms with Crippen molar-refractivity contribution in [1.82, 2.24) is 10.2 Å². The number of carboxylic acid groups (broad SMARTS) is 1. The summed E-state index contributed by atoms with van der Waals surface area (Å²) in [6, 6.07) is 16.5. The average Bonchev–Trinajstić information content (AvgIpc) is 2.58. The fourth-order valence-corrected chi connectivity index (χ4v) is 3.26. The Labute approximate surface area is 147 Å². The van der Waals surface area contributed by atoms with Crippen LogP contribution in [0.5, 0.6) is 0 Å². The predicted octanol–water partition coefficient (Wildman–Crippen LogP) is 2.91. The average molecular weight is 345 g/mol. The molecule has 1 saturated heterocycles. The van der Waals surface area contributed by atoms with Gasteiger partial charge in [-0.3, -0.25) is 9.69 Å². The number of rotatable bonds is 5. The first-order valence-corrected chi connectivity index (χ1v) is 8.51. The largest absolute Gasteiger partial charge is 0.480 e. The summed E-state index contributed by atoms with van der Waals surface area (Å²) in [6.45, 7) is 2.56. The molecule has 1 fully saturated rings. The van der Waals surface area contributed by atoms with Crippen molar-refractivity contribution in [3.63, 3.8) is 0 Å². The Hall–Kier alpha value is -1.88. The second-order valence-electron chi connectivity index (χ2n) is 6.13. The Balaban J connectivity index is 1.68. The van der Waals surface area contributed by atoms with Crippen LogP contribution in [0.2, 0.25) is 5.02 Å². The summed E-state index contributed by atoms with van der Waals surface area (Å²) in [7, 11) is 0. The summed E-state index contributed by atoms with van der Waals surface area (Å²) in [5.74, 6) is -0.764. The van der Waals surface area contributed by atoms with Gasteiger partial charge in [0.25, 0.3) is 0 Å². The molecule has 0 aromatic heterocycles. The normalized spacial score (nSPS) is 18.5. The maximum Gasteiger partial charge on any atom is 0.317 e. The molecule has 24 heavy (non-hydrogen) atoms. The van der Waals surface area contributed by atoms with Gasteiger partial charge < -0.3 is 10.4 Å². The summed E-state index contributed by atoms with van der Waals surface area (Å²) < 4.78 is 0. The van der Waals surface area contributed by atoms with Crippen LogP contribution in [-0.2, 0) is 11.2 Å². The lowest BCUT2D eigenvalue weighted by atomic mass is 9.99. The van der Waals surface area contributed by atoms with E-state index in [0.717, 1.165) is 42.2 Å². The molecule has 2 aromatic rings. The van der Waals surface area contributed by atoms with Gasteiger partial charge in [-0.25, -0.2) is 0 Å². The first kappa shape index (κ1) is 17.0. The van der Waals surface area contributed by atoms with E-state index in [4.69, 9.17) is 16.7 Å². The standard InChI is InChI=1S/C19H21ClN2O2/c20-17-7-5-16(6-8-17)15-3-1-14(2-4-15)11-18-12-21-9-10-22(18)13-19(23)24/h1-8,18,21H,9-13H2,(H,23,24)/t18-/m0/s1. The third-order valence-electron chi connectivity index (χ3n) is 4.41. The molecular formula is C19H21ClN2O2. The highest BCUT2D eigenvalue weighted by Gasteiger charge is 2.24. The van der Waals surface area contributed by atoms with Crippen molar-refractivity contribution in [3.05, 3.63) is 59.1 Å². The second-order valence-corrected chi connectivity index (χ2v) is 6.57. The minimum atomic E-state index is -0.764. The predicted molar refractivity (Wildman–Crippen MR) is 96.5 cm³/mol. The highest BCUT2D eigenvalue weighted by molar-refractivity contribution is 6.30. The van der Waals surface area contributed by atoms with Gasteiger partial charge in [0.05, 0.1) is 6.54 Å². The Morgan fingerprint density at radius 3 is 2.38 bits per heavy atom. The molecule has 0 bridgehead atoms. The van der Waals surface area contributed by atoms with Crippen LogP contribution < -0.4 is 5.32 Å². The van der Waals surface area contributed by atoms with Crippen molar-refractivity contribution in [2.45, 2.75) is 12.5 Å². The van der Waals surface area contributed by atoms with Crippen LogP contribution in [0, 0.1) is 0 Å². The van der Waals surface area contributed by atoms with Crippen LogP contribution in [0.1, 0.15) is 5.56 Å². The lowest BCUT2D eigenvalue weighted by Gasteiger charge is -2.35. The Morgan fingerprint density at radius 1 is 1.12 bits per heavy atom. The van der Waals surface area contributed by atoms with Crippen LogP contribution in [0.15, 0.2) is 48.5 Å². The number of halogens is 1. The van der Waals surface area contributed by atoms with E-state index >= 15 is 0 Å². The number of carboxylic acids is 1. The lowest BCUT2D eigenvalue weighted by Crippen LogP contribution is -2.53. The third-order valence-corrected chi connectivity index (χ3v) is 4.67. The van der Waals surface area contributed by atoms with Crippen molar-refractivity contribution in [2.75, 3.05) is 26.2 Å². The maximum absolute atomic E-state index is 11.0. The van der Waals surface area contributed by atoms with Gasteiger partial charge in [0.2, 0.25) is 0 Å². The van der Waals surface area contributed by atoms with Gasteiger partial charge in [0.1, 0.15) is 0 Å². The van der Waals surface area contributed by atoms with Gasteiger partial charge in [0, 0.05) is 30.7 Å². The van der Waals surface area contributed by atoms with Gasteiger partial charge in [-0.05, 0) is 35.2 Å². The second kappa shape index (κ2) is 7.79. The number of carbonyl (C=O) groups is 1. The number of aliphatic carboxylic acids is 1. The van der Waals surface area contributed by atoms with Crippen molar-refractivity contribution < 1.29 is 9.90 Å². The van der Waals surface area contributed by atoms with Crippen LogP contribution in [0.3, 0.4) is 0 Å². The zero-order chi connectivity index (χ0) is 16.9. The molecule has 1 heterocycles. The Kier molecular flexibility index (Phi) is 5.51. The van der Waals surface area contributed by atoms with Crippen molar-refractivity contribution in [1.29, 1.82) is 0 Å². The van der Waals surface area contributed by atoms with E-state index < -0.39 is 5.97 Å². The fourth-order valence-electron chi connectivity index (χ4n) is 3.13. The molecule has 1 atom stereocenters. The van der Waals surface area contributed by atoms with Gasteiger partial charge in [-0.1, -0.05) is 48.0 Å². The van der Waals surface area contributed by atoms with E-state index in [1.54, 1.807) is 0 Å². The minimum absolute atomic E-state index is 0.106. The quantitative estimate of drug-likeness (QED) is 0.875. The zero-order valence-electron chi connectivity index (χ0n) is 13.4. The van der Waals surface area contributed by atoms with Crippen molar-refractivity contribution in [2.24, 2.45) is 0 Å². The first-order valence-electron chi connectivity index (χ1n) is 8.13. The maximum atomic E-state index is 11.0. The van der Waals surface area contributed by atoms with E-state index in [0.29, 0.717) is 0 Å². The molecule has 0 spiro atoms. The summed E-state index contributed by atoms with van der Waals surface area (Å²) in [6.07, 6.45) is 0.848. The highest BCUT2D eigenvalue weighted by atomic mass is 35.5. The smallest absolute Gasteiger partial charge is 0.317 e. The molecule has 0 aliphatic carbocycles. The Morgan fingerprint density at radius 2 is 1.75 bits per heavy atom. The van der Waals surface area contributed by atoms with Crippen LogP contribution in [0.4, 0.5) is 0 Å². The molecule has 2 aromatic carbocycles. The minimum Gasteiger partial charge on any atom is -0.480 e. The lowest BCUT2D eigenvalue weighted by molar-refractivity contribution is -0.139. The molecule has 126 valence electrons. The molecule has 5 heteroatoms. The number of piperazine rings is 1. The molecule has 1 aliphatic heterocycles. The van der Waals surface area contributed by atoms with Gasteiger partial charge in [-0.15, -0.1) is 0 Å². The van der Waals surface area contributed by atoms with E-state index in [-0.39, 0.29) is 12.6 Å². The molecule has 3 rings (SSSR count). The van der Waals surface area contributed by atoms with Crippen LogP contribution in [-0.4, -0.2) is 48.2 Å². The molecule has 0 amide bonds. The van der Waals surface area contributed by atoms with E-state index in [9.17, 15) is 4.79 Å². The fraction of sp³-hybridized carbons (Fsp3) is 0.316. The van der Waals surface area contributed by atoms with Gasteiger partial charge in [0.15, 0.2) is 0 Å². The summed E-state index contributed by atoms with van der Waals surface area (Å²) in [4.78, 5) is 13.1. The molecule has 0 radical (unpaired) electrons. The van der Waals surface area contributed by atoms with E-state index in [1.165, 1.54) is 5.56 Å².